The summed E-state index contributed by atoms with van der Waals surface area (Å²) in [5.41, 5.74) is 0.992. The Kier molecular flexibility index (Phi) is 4.92. The van der Waals surface area contributed by atoms with Crippen LogP contribution in [0.15, 0.2) is 28.8 Å². The van der Waals surface area contributed by atoms with E-state index in [0.717, 1.165) is 5.69 Å². The van der Waals surface area contributed by atoms with Gasteiger partial charge in [0.25, 0.3) is 5.91 Å². The molecule has 0 atom stereocenters. The largest absolute Gasteiger partial charge is 0.482 e. The molecule has 0 spiro atoms. The lowest BCUT2D eigenvalue weighted by atomic mass is 9.92. The Bertz CT molecular complexity index is 757. The van der Waals surface area contributed by atoms with Crippen LogP contribution in [-0.2, 0) is 10.2 Å². The van der Waals surface area contributed by atoms with Gasteiger partial charge in [0.2, 0.25) is 5.88 Å². The number of carbonyl (C=O) groups is 1. The minimum atomic E-state index is -0.401. The van der Waals surface area contributed by atoms with E-state index in [1.807, 2.05) is 26.8 Å². The summed E-state index contributed by atoms with van der Waals surface area (Å²) in [7, 11) is 0. The van der Waals surface area contributed by atoms with Crippen molar-refractivity contribution >= 4 is 23.4 Å². The summed E-state index contributed by atoms with van der Waals surface area (Å²) in [5, 5.41) is 15.5. The van der Waals surface area contributed by atoms with Crippen molar-refractivity contribution in [2.75, 3.05) is 11.9 Å². The predicted molar refractivity (Wildman–Crippen MR) is 85.5 cm³/mol. The summed E-state index contributed by atoms with van der Waals surface area (Å²) in [6.07, 6.45) is 0. The number of hydrogen-bond acceptors (Lipinski definition) is 5. The Labute approximate surface area is 139 Å². The highest BCUT2D eigenvalue weighted by molar-refractivity contribution is 6.32. The molecule has 1 heterocycles. The number of amides is 1. The van der Waals surface area contributed by atoms with Crippen molar-refractivity contribution in [1.29, 1.82) is 5.26 Å². The fourth-order valence-electron chi connectivity index (χ4n) is 1.69. The van der Waals surface area contributed by atoms with Crippen LogP contribution in [0.3, 0.4) is 0 Å². The van der Waals surface area contributed by atoms with Gasteiger partial charge in [0, 0.05) is 11.5 Å². The molecule has 0 unspecified atom stereocenters. The van der Waals surface area contributed by atoms with Crippen LogP contribution < -0.4 is 10.1 Å². The standard InChI is InChI=1S/C16H16ClN3O3/c1-16(2,3)13-7-15(23-20-13)19-14(21)9-22-12-5-4-10(8-18)6-11(12)17/h4-7H,9H2,1-3H3,(H,19,21). The molecular formula is C16H16ClN3O3. The van der Waals surface area contributed by atoms with Gasteiger partial charge in [0.15, 0.2) is 6.61 Å². The van der Waals surface area contributed by atoms with Crippen LogP contribution in [0.4, 0.5) is 5.88 Å². The van der Waals surface area contributed by atoms with Crippen molar-refractivity contribution < 1.29 is 14.1 Å². The summed E-state index contributed by atoms with van der Waals surface area (Å²) in [6.45, 7) is 5.74. The lowest BCUT2D eigenvalue weighted by Crippen LogP contribution is -2.20. The van der Waals surface area contributed by atoms with Gasteiger partial charge >= 0.3 is 0 Å². The minimum absolute atomic E-state index is 0.168. The smallest absolute Gasteiger partial charge is 0.264 e. The molecule has 0 saturated heterocycles. The molecule has 0 radical (unpaired) electrons. The number of rotatable bonds is 4. The molecule has 6 nitrogen and oxygen atoms in total. The first-order valence-corrected chi connectivity index (χ1v) is 7.27. The van der Waals surface area contributed by atoms with Crippen molar-refractivity contribution in [3.63, 3.8) is 0 Å². The maximum atomic E-state index is 11.9. The summed E-state index contributed by atoms with van der Waals surface area (Å²) in [5.74, 6) is 0.185. The maximum absolute atomic E-state index is 11.9. The number of anilines is 1. The molecule has 2 rings (SSSR count). The van der Waals surface area contributed by atoms with Gasteiger partial charge in [-0.3, -0.25) is 10.1 Å². The summed E-state index contributed by atoms with van der Waals surface area (Å²) in [6, 6.07) is 8.22. The average molecular weight is 334 g/mol. The van der Waals surface area contributed by atoms with E-state index in [1.165, 1.54) is 6.07 Å². The molecule has 1 aromatic heterocycles. The Balaban J connectivity index is 1.93. The Hall–Kier alpha value is -2.52. The number of nitriles is 1. The second-order valence-electron chi connectivity index (χ2n) is 5.92. The highest BCUT2D eigenvalue weighted by Crippen LogP contribution is 2.26. The molecule has 2 aromatic rings. The van der Waals surface area contributed by atoms with E-state index >= 15 is 0 Å². The first-order valence-electron chi connectivity index (χ1n) is 6.89. The normalized spacial score (nSPS) is 10.9. The number of ether oxygens (including phenoxy) is 1. The second kappa shape index (κ2) is 6.71. The summed E-state index contributed by atoms with van der Waals surface area (Å²) in [4.78, 5) is 11.9. The highest BCUT2D eigenvalue weighted by atomic mass is 35.5. The van der Waals surface area contributed by atoms with E-state index in [9.17, 15) is 4.79 Å². The summed E-state index contributed by atoms with van der Waals surface area (Å²) < 4.78 is 10.4. The molecular weight excluding hydrogens is 318 g/mol. The minimum Gasteiger partial charge on any atom is -0.482 e. The molecule has 1 aromatic carbocycles. The lowest BCUT2D eigenvalue weighted by molar-refractivity contribution is -0.118. The maximum Gasteiger partial charge on any atom is 0.264 e. The van der Waals surface area contributed by atoms with Crippen LogP contribution in [0.5, 0.6) is 5.75 Å². The summed E-state index contributed by atoms with van der Waals surface area (Å²) >= 11 is 5.97. The van der Waals surface area contributed by atoms with Crippen LogP contribution in [-0.4, -0.2) is 17.7 Å². The fraction of sp³-hybridized carbons (Fsp3) is 0.312. The highest BCUT2D eigenvalue weighted by Gasteiger charge is 2.19. The molecule has 0 fully saturated rings. The van der Waals surface area contributed by atoms with Gasteiger partial charge in [-0.25, -0.2) is 0 Å². The van der Waals surface area contributed by atoms with E-state index in [4.69, 9.17) is 26.1 Å². The number of carbonyl (C=O) groups excluding carboxylic acids is 1. The molecule has 1 N–H and O–H groups in total. The predicted octanol–water partition coefficient (Wildman–Crippen LogP) is 3.51. The molecule has 0 aliphatic carbocycles. The molecule has 0 aliphatic heterocycles. The van der Waals surface area contributed by atoms with Crippen LogP contribution >= 0.6 is 11.6 Å². The molecule has 120 valence electrons. The van der Waals surface area contributed by atoms with Crippen LogP contribution in [0, 0.1) is 11.3 Å². The average Bonchev–Trinajstić information content (AvgIpc) is 2.94. The van der Waals surface area contributed by atoms with Gasteiger partial charge in [-0.05, 0) is 18.2 Å². The Morgan fingerprint density at radius 1 is 1.43 bits per heavy atom. The van der Waals surface area contributed by atoms with Crippen molar-refractivity contribution in [2.45, 2.75) is 26.2 Å². The van der Waals surface area contributed by atoms with Gasteiger partial charge in [-0.1, -0.05) is 37.5 Å². The topological polar surface area (TPSA) is 88.1 Å². The van der Waals surface area contributed by atoms with E-state index < -0.39 is 5.91 Å². The molecule has 0 bridgehead atoms. The van der Waals surface area contributed by atoms with Crippen LogP contribution in [0.2, 0.25) is 5.02 Å². The van der Waals surface area contributed by atoms with Crippen molar-refractivity contribution in [3.8, 4) is 11.8 Å². The zero-order valence-corrected chi connectivity index (χ0v) is 13.8. The molecule has 1 amide bonds. The van der Waals surface area contributed by atoms with Crippen molar-refractivity contribution in [3.05, 3.63) is 40.5 Å². The molecule has 0 aliphatic rings. The van der Waals surface area contributed by atoms with Gasteiger partial charge < -0.3 is 9.26 Å². The number of nitrogens with one attached hydrogen (secondary N) is 1. The Morgan fingerprint density at radius 2 is 2.17 bits per heavy atom. The third kappa shape index (κ3) is 4.47. The Morgan fingerprint density at radius 3 is 2.74 bits per heavy atom. The van der Waals surface area contributed by atoms with Gasteiger partial charge in [-0.2, -0.15) is 5.26 Å². The molecule has 23 heavy (non-hydrogen) atoms. The van der Waals surface area contributed by atoms with E-state index in [2.05, 4.69) is 10.5 Å². The van der Waals surface area contributed by atoms with Gasteiger partial charge in [0.1, 0.15) is 5.75 Å². The number of aromatic nitrogens is 1. The fourth-order valence-corrected chi connectivity index (χ4v) is 1.93. The number of hydrogen-bond donors (Lipinski definition) is 1. The zero-order valence-electron chi connectivity index (χ0n) is 13.0. The molecule has 7 heteroatoms. The van der Waals surface area contributed by atoms with Gasteiger partial charge in [0.05, 0.1) is 22.3 Å². The lowest BCUT2D eigenvalue weighted by Gasteiger charge is -2.12. The first kappa shape index (κ1) is 16.8. The third-order valence-corrected chi connectivity index (χ3v) is 3.26. The zero-order chi connectivity index (χ0) is 17.0. The van der Waals surface area contributed by atoms with Crippen LogP contribution in [0.25, 0.3) is 0 Å². The van der Waals surface area contributed by atoms with Gasteiger partial charge in [-0.15, -0.1) is 0 Å². The van der Waals surface area contributed by atoms with Crippen LogP contribution in [0.1, 0.15) is 32.0 Å². The number of halogens is 1. The van der Waals surface area contributed by atoms with Crippen molar-refractivity contribution in [2.24, 2.45) is 0 Å². The second-order valence-corrected chi connectivity index (χ2v) is 6.33. The van der Waals surface area contributed by atoms with Crippen molar-refractivity contribution in [1.82, 2.24) is 5.16 Å². The number of benzene rings is 1. The monoisotopic (exact) mass is 333 g/mol. The van der Waals surface area contributed by atoms with E-state index in [1.54, 1.807) is 18.2 Å². The van der Waals surface area contributed by atoms with E-state index in [-0.39, 0.29) is 22.9 Å². The SMILES string of the molecule is CC(C)(C)c1cc(NC(=O)COc2ccc(C#N)cc2Cl)on1. The first-order chi connectivity index (χ1) is 10.8. The number of nitrogens with zero attached hydrogens (tertiary/aromatic N) is 2. The van der Waals surface area contributed by atoms with E-state index in [0.29, 0.717) is 11.3 Å². The molecule has 0 saturated carbocycles. The quantitative estimate of drug-likeness (QED) is 0.924. The third-order valence-electron chi connectivity index (χ3n) is 2.96.